The maximum atomic E-state index is 11.8. The molecule has 0 aromatic heterocycles. The second-order valence-corrected chi connectivity index (χ2v) is 5.79. The molecule has 0 radical (unpaired) electrons. The van der Waals surface area contributed by atoms with Gasteiger partial charge in [-0.1, -0.05) is 25.1 Å². The third kappa shape index (κ3) is 5.05. The summed E-state index contributed by atoms with van der Waals surface area (Å²) in [5.74, 6) is 0.176. The van der Waals surface area contributed by atoms with Crippen LogP contribution in [0.25, 0.3) is 0 Å². The molecule has 1 aromatic carbocycles. The fraction of sp³-hybridized carbons (Fsp3) is 0.588. The molecule has 4 heteroatoms. The number of amides is 1. The third-order valence-corrected chi connectivity index (χ3v) is 4.17. The second-order valence-electron chi connectivity index (χ2n) is 5.79. The van der Waals surface area contributed by atoms with Crippen LogP contribution in [-0.4, -0.2) is 49.6 Å². The molecular weight excluding hydrogens is 262 g/mol. The first-order chi connectivity index (χ1) is 10.2. The molecule has 1 fully saturated rings. The van der Waals surface area contributed by atoms with Gasteiger partial charge in [0.15, 0.2) is 0 Å². The van der Waals surface area contributed by atoms with Crippen molar-refractivity contribution in [1.82, 2.24) is 10.2 Å². The summed E-state index contributed by atoms with van der Waals surface area (Å²) in [6, 6.07) is 10.8. The number of para-hydroxylation sites is 1. The number of nitrogens with one attached hydrogen (secondary N) is 1. The van der Waals surface area contributed by atoms with Gasteiger partial charge in [0.05, 0.1) is 0 Å². The first-order valence-corrected chi connectivity index (χ1v) is 8.00. The van der Waals surface area contributed by atoms with Crippen molar-refractivity contribution in [2.75, 3.05) is 37.6 Å². The van der Waals surface area contributed by atoms with Crippen molar-refractivity contribution in [1.29, 1.82) is 0 Å². The summed E-state index contributed by atoms with van der Waals surface area (Å²) < 4.78 is 0. The minimum atomic E-state index is 0.176. The fourth-order valence-corrected chi connectivity index (χ4v) is 2.58. The topological polar surface area (TPSA) is 35.6 Å². The van der Waals surface area contributed by atoms with Crippen LogP contribution in [0.3, 0.4) is 0 Å². The van der Waals surface area contributed by atoms with Gasteiger partial charge in [-0.3, -0.25) is 9.69 Å². The molecule has 0 aliphatic carbocycles. The van der Waals surface area contributed by atoms with Crippen molar-refractivity contribution >= 4 is 11.6 Å². The number of nitrogens with zero attached hydrogens (tertiary/aromatic N) is 2. The van der Waals surface area contributed by atoms with E-state index < -0.39 is 0 Å². The summed E-state index contributed by atoms with van der Waals surface area (Å²) in [6.45, 7) is 9.15. The molecule has 1 amide bonds. The number of rotatable bonds is 6. The quantitative estimate of drug-likeness (QED) is 0.871. The highest BCUT2D eigenvalue weighted by atomic mass is 16.1. The number of benzene rings is 1. The summed E-state index contributed by atoms with van der Waals surface area (Å²) >= 11 is 0. The highest BCUT2D eigenvalue weighted by Gasteiger charge is 2.17. The molecule has 1 aromatic rings. The standard InChI is InChI=1S/C17H27N3O/c1-3-15(2)18-17(21)9-10-19-11-13-20(14-12-19)16-7-5-4-6-8-16/h4-8,15H,3,9-14H2,1-2H3,(H,18,21). The first-order valence-electron chi connectivity index (χ1n) is 8.00. The second kappa shape index (κ2) is 8.03. The Kier molecular flexibility index (Phi) is 6.05. The van der Waals surface area contributed by atoms with Crippen molar-refractivity contribution in [3.8, 4) is 0 Å². The molecule has 2 rings (SSSR count). The number of hydrogen-bond donors (Lipinski definition) is 1. The highest BCUT2D eigenvalue weighted by molar-refractivity contribution is 5.76. The van der Waals surface area contributed by atoms with E-state index in [4.69, 9.17) is 0 Å². The van der Waals surface area contributed by atoms with Gasteiger partial charge >= 0.3 is 0 Å². The largest absolute Gasteiger partial charge is 0.369 e. The summed E-state index contributed by atoms with van der Waals surface area (Å²) in [5, 5.41) is 3.03. The normalized spacial score (nSPS) is 17.5. The number of piperazine rings is 1. The van der Waals surface area contributed by atoms with Crippen LogP contribution in [-0.2, 0) is 4.79 Å². The lowest BCUT2D eigenvalue weighted by molar-refractivity contribution is -0.122. The molecule has 1 unspecified atom stereocenters. The molecule has 0 spiro atoms. The maximum absolute atomic E-state index is 11.8. The van der Waals surface area contributed by atoms with Gasteiger partial charge in [0.25, 0.3) is 0 Å². The lowest BCUT2D eigenvalue weighted by Crippen LogP contribution is -2.47. The Hall–Kier alpha value is -1.55. The van der Waals surface area contributed by atoms with Gasteiger partial charge in [0, 0.05) is 50.9 Å². The van der Waals surface area contributed by atoms with E-state index in [1.54, 1.807) is 0 Å². The van der Waals surface area contributed by atoms with Gasteiger partial charge in [-0.25, -0.2) is 0 Å². The summed E-state index contributed by atoms with van der Waals surface area (Å²) in [7, 11) is 0. The molecular formula is C17H27N3O. The Morgan fingerprint density at radius 1 is 1.19 bits per heavy atom. The molecule has 1 saturated heterocycles. The van der Waals surface area contributed by atoms with E-state index in [1.165, 1.54) is 5.69 Å². The Morgan fingerprint density at radius 2 is 1.86 bits per heavy atom. The van der Waals surface area contributed by atoms with Crippen LogP contribution in [0.5, 0.6) is 0 Å². The predicted octanol–water partition coefficient (Wildman–Crippen LogP) is 2.11. The third-order valence-electron chi connectivity index (χ3n) is 4.17. The summed E-state index contributed by atoms with van der Waals surface area (Å²) in [6.07, 6.45) is 1.59. The van der Waals surface area contributed by atoms with E-state index in [1.807, 2.05) is 0 Å². The van der Waals surface area contributed by atoms with Crippen LogP contribution >= 0.6 is 0 Å². The van der Waals surface area contributed by atoms with Crippen LogP contribution in [0.1, 0.15) is 26.7 Å². The molecule has 116 valence electrons. The zero-order chi connectivity index (χ0) is 15.1. The van der Waals surface area contributed by atoms with Crippen LogP contribution in [0.2, 0.25) is 0 Å². The maximum Gasteiger partial charge on any atom is 0.221 e. The lowest BCUT2D eigenvalue weighted by Gasteiger charge is -2.36. The van der Waals surface area contributed by atoms with Crippen LogP contribution < -0.4 is 10.2 Å². The molecule has 1 N–H and O–H groups in total. The zero-order valence-electron chi connectivity index (χ0n) is 13.2. The first kappa shape index (κ1) is 15.8. The predicted molar refractivity (Wildman–Crippen MR) is 87.6 cm³/mol. The van der Waals surface area contributed by atoms with Crippen LogP contribution in [0.4, 0.5) is 5.69 Å². The Balaban J connectivity index is 1.69. The van der Waals surface area contributed by atoms with Gasteiger partial charge in [0.1, 0.15) is 0 Å². The Labute approximate surface area is 128 Å². The van der Waals surface area contributed by atoms with Crippen molar-refractivity contribution in [3.63, 3.8) is 0 Å². The Bertz CT molecular complexity index is 427. The minimum absolute atomic E-state index is 0.176. The minimum Gasteiger partial charge on any atom is -0.369 e. The average molecular weight is 289 g/mol. The smallest absolute Gasteiger partial charge is 0.221 e. The molecule has 1 aliphatic heterocycles. The van der Waals surface area contributed by atoms with Gasteiger partial charge < -0.3 is 10.2 Å². The van der Waals surface area contributed by atoms with E-state index in [9.17, 15) is 4.79 Å². The lowest BCUT2D eigenvalue weighted by atomic mass is 10.2. The number of anilines is 1. The van der Waals surface area contributed by atoms with Crippen molar-refractivity contribution < 1.29 is 4.79 Å². The monoisotopic (exact) mass is 289 g/mol. The SMILES string of the molecule is CCC(C)NC(=O)CCN1CCN(c2ccccc2)CC1. The fourth-order valence-electron chi connectivity index (χ4n) is 2.58. The molecule has 1 atom stereocenters. The van der Waals surface area contributed by atoms with Gasteiger partial charge in [0.2, 0.25) is 5.91 Å². The highest BCUT2D eigenvalue weighted by Crippen LogP contribution is 2.15. The van der Waals surface area contributed by atoms with E-state index in [0.29, 0.717) is 6.42 Å². The molecule has 21 heavy (non-hydrogen) atoms. The van der Waals surface area contributed by atoms with Gasteiger partial charge in [-0.15, -0.1) is 0 Å². The molecule has 1 aliphatic rings. The van der Waals surface area contributed by atoms with Crippen LogP contribution in [0, 0.1) is 0 Å². The van der Waals surface area contributed by atoms with Crippen LogP contribution in [0.15, 0.2) is 30.3 Å². The molecule has 1 heterocycles. The average Bonchev–Trinajstić information content (AvgIpc) is 2.54. The molecule has 4 nitrogen and oxygen atoms in total. The number of hydrogen-bond acceptors (Lipinski definition) is 3. The van der Waals surface area contributed by atoms with Gasteiger partial charge in [-0.2, -0.15) is 0 Å². The van der Waals surface area contributed by atoms with E-state index in [0.717, 1.165) is 39.1 Å². The van der Waals surface area contributed by atoms with E-state index >= 15 is 0 Å². The van der Waals surface area contributed by atoms with Crippen molar-refractivity contribution in [2.45, 2.75) is 32.7 Å². The van der Waals surface area contributed by atoms with Gasteiger partial charge in [-0.05, 0) is 25.5 Å². The molecule has 0 bridgehead atoms. The van der Waals surface area contributed by atoms with Crippen molar-refractivity contribution in [3.05, 3.63) is 30.3 Å². The summed E-state index contributed by atoms with van der Waals surface area (Å²) in [4.78, 5) is 16.6. The summed E-state index contributed by atoms with van der Waals surface area (Å²) in [5.41, 5.74) is 1.30. The van der Waals surface area contributed by atoms with E-state index in [-0.39, 0.29) is 11.9 Å². The van der Waals surface area contributed by atoms with E-state index in [2.05, 4.69) is 59.3 Å². The zero-order valence-corrected chi connectivity index (χ0v) is 13.2. The van der Waals surface area contributed by atoms with Crippen molar-refractivity contribution in [2.24, 2.45) is 0 Å². The number of carbonyl (C=O) groups is 1. The Morgan fingerprint density at radius 3 is 2.48 bits per heavy atom. The molecule has 0 saturated carbocycles. The number of carbonyl (C=O) groups excluding carboxylic acids is 1.